The van der Waals surface area contributed by atoms with Crippen molar-refractivity contribution in [2.24, 2.45) is 0 Å². The molecule has 1 aliphatic heterocycles. The lowest BCUT2D eigenvalue weighted by atomic mass is 10.1. The Bertz CT molecular complexity index is 624. The van der Waals surface area contributed by atoms with Crippen LogP contribution in [0.25, 0.3) is 11.3 Å². The van der Waals surface area contributed by atoms with E-state index in [1.807, 2.05) is 12.3 Å². The summed E-state index contributed by atoms with van der Waals surface area (Å²) in [4.78, 5) is 7.21. The van der Waals surface area contributed by atoms with Gasteiger partial charge in [0.1, 0.15) is 11.6 Å². The van der Waals surface area contributed by atoms with Crippen molar-refractivity contribution < 1.29 is 4.39 Å². The zero-order valence-corrected chi connectivity index (χ0v) is 13.5. The molecular formula is C17H20FN3S. The molecule has 0 bridgehead atoms. The van der Waals surface area contributed by atoms with Gasteiger partial charge in [0, 0.05) is 30.8 Å². The standard InChI is InChI=1S/C17H20FN3S/c1-22-19-12-14-6-9-16(13-4-7-15(18)8-5-13)20-17(14)21-10-2-3-11-21/h4-9,19H,2-3,10-12H2,1H3. The monoisotopic (exact) mass is 317 g/mol. The summed E-state index contributed by atoms with van der Waals surface area (Å²) in [6.45, 7) is 2.92. The Balaban J connectivity index is 1.95. The van der Waals surface area contributed by atoms with Crippen LogP contribution >= 0.6 is 11.9 Å². The lowest BCUT2D eigenvalue weighted by molar-refractivity contribution is 0.628. The summed E-state index contributed by atoms with van der Waals surface area (Å²) in [6.07, 6.45) is 4.46. The first-order chi connectivity index (χ1) is 10.8. The SMILES string of the molecule is CSNCc1ccc(-c2ccc(F)cc2)nc1N1CCCC1. The van der Waals surface area contributed by atoms with Gasteiger partial charge in [0.2, 0.25) is 0 Å². The summed E-state index contributed by atoms with van der Waals surface area (Å²) in [6, 6.07) is 10.7. The van der Waals surface area contributed by atoms with Crippen molar-refractivity contribution in [1.82, 2.24) is 9.71 Å². The minimum absolute atomic E-state index is 0.218. The number of benzene rings is 1. The van der Waals surface area contributed by atoms with Crippen LogP contribution in [0, 0.1) is 5.82 Å². The van der Waals surface area contributed by atoms with E-state index in [1.54, 1.807) is 24.1 Å². The van der Waals surface area contributed by atoms with Crippen molar-refractivity contribution in [1.29, 1.82) is 0 Å². The minimum Gasteiger partial charge on any atom is -0.356 e. The number of nitrogens with one attached hydrogen (secondary N) is 1. The fraction of sp³-hybridized carbons (Fsp3) is 0.353. The molecule has 1 saturated heterocycles. The van der Waals surface area contributed by atoms with Crippen LogP contribution in [-0.2, 0) is 6.54 Å². The first-order valence-electron chi connectivity index (χ1n) is 7.54. The molecule has 0 amide bonds. The van der Waals surface area contributed by atoms with Crippen molar-refractivity contribution >= 4 is 17.8 Å². The van der Waals surface area contributed by atoms with Crippen molar-refractivity contribution in [3.05, 3.63) is 47.8 Å². The molecule has 2 heterocycles. The van der Waals surface area contributed by atoms with Crippen LogP contribution in [0.15, 0.2) is 36.4 Å². The first kappa shape index (κ1) is 15.3. The van der Waals surface area contributed by atoms with E-state index in [0.717, 1.165) is 36.7 Å². The number of nitrogens with zero attached hydrogens (tertiary/aromatic N) is 2. The minimum atomic E-state index is -0.218. The van der Waals surface area contributed by atoms with E-state index < -0.39 is 0 Å². The van der Waals surface area contributed by atoms with Gasteiger partial charge >= 0.3 is 0 Å². The second-order valence-electron chi connectivity index (χ2n) is 5.41. The van der Waals surface area contributed by atoms with E-state index in [1.165, 1.54) is 30.5 Å². The summed E-state index contributed by atoms with van der Waals surface area (Å²) in [7, 11) is 0. The topological polar surface area (TPSA) is 28.2 Å². The highest BCUT2D eigenvalue weighted by Gasteiger charge is 2.18. The van der Waals surface area contributed by atoms with Gasteiger partial charge in [0.25, 0.3) is 0 Å². The predicted molar refractivity (Wildman–Crippen MR) is 91.4 cm³/mol. The predicted octanol–water partition coefficient (Wildman–Crippen LogP) is 3.86. The Hall–Kier alpha value is -1.59. The largest absolute Gasteiger partial charge is 0.356 e. The third-order valence-electron chi connectivity index (χ3n) is 3.91. The molecular weight excluding hydrogens is 297 g/mol. The lowest BCUT2D eigenvalue weighted by Gasteiger charge is -2.21. The molecule has 0 atom stereocenters. The number of halogens is 1. The van der Waals surface area contributed by atoms with Crippen molar-refractivity contribution in [3.8, 4) is 11.3 Å². The van der Waals surface area contributed by atoms with Crippen molar-refractivity contribution in [3.63, 3.8) is 0 Å². The van der Waals surface area contributed by atoms with Gasteiger partial charge < -0.3 is 4.90 Å². The maximum atomic E-state index is 13.1. The quantitative estimate of drug-likeness (QED) is 0.848. The fourth-order valence-electron chi connectivity index (χ4n) is 2.75. The van der Waals surface area contributed by atoms with Gasteiger partial charge in [-0.2, -0.15) is 0 Å². The number of aromatic nitrogens is 1. The molecule has 22 heavy (non-hydrogen) atoms. The van der Waals surface area contributed by atoms with Crippen LogP contribution in [0.2, 0.25) is 0 Å². The van der Waals surface area contributed by atoms with Crippen LogP contribution in [-0.4, -0.2) is 24.3 Å². The second kappa shape index (κ2) is 7.11. The molecule has 1 fully saturated rings. The Morgan fingerprint density at radius 2 is 1.86 bits per heavy atom. The molecule has 0 aliphatic carbocycles. The van der Waals surface area contributed by atoms with E-state index in [0.29, 0.717) is 0 Å². The van der Waals surface area contributed by atoms with E-state index >= 15 is 0 Å². The van der Waals surface area contributed by atoms with Crippen molar-refractivity contribution in [2.75, 3.05) is 24.2 Å². The first-order valence-corrected chi connectivity index (χ1v) is 8.77. The summed E-state index contributed by atoms with van der Waals surface area (Å²) in [5, 5.41) is 0. The number of pyridine rings is 1. The van der Waals surface area contributed by atoms with Crippen LogP contribution in [0.5, 0.6) is 0 Å². The van der Waals surface area contributed by atoms with E-state index in [9.17, 15) is 4.39 Å². The fourth-order valence-corrected chi connectivity index (χ4v) is 3.05. The van der Waals surface area contributed by atoms with Crippen LogP contribution in [0.4, 0.5) is 10.2 Å². The zero-order valence-electron chi connectivity index (χ0n) is 12.7. The normalized spacial score (nSPS) is 14.5. The van der Waals surface area contributed by atoms with Gasteiger partial charge in [-0.3, -0.25) is 4.72 Å². The highest BCUT2D eigenvalue weighted by molar-refractivity contribution is 7.96. The molecule has 3 rings (SSSR count). The smallest absolute Gasteiger partial charge is 0.133 e. The highest BCUT2D eigenvalue weighted by Crippen LogP contribution is 2.27. The molecule has 1 aromatic heterocycles. The molecule has 3 nitrogen and oxygen atoms in total. The summed E-state index contributed by atoms with van der Waals surface area (Å²) >= 11 is 1.61. The van der Waals surface area contributed by atoms with Gasteiger partial charge in [-0.25, -0.2) is 9.37 Å². The Morgan fingerprint density at radius 1 is 1.14 bits per heavy atom. The zero-order chi connectivity index (χ0) is 15.4. The average Bonchev–Trinajstić information content (AvgIpc) is 3.08. The Kier molecular flexibility index (Phi) is 4.95. The summed E-state index contributed by atoms with van der Waals surface area (Å²) < 4.78 is 16.4. The molecule has 0 saturated carbocycles. The molecule has 116 valence electrons. The summed E-state index contributed by atoms with van der Waals surface area (Å²) in [5.41, 5.74) is 3.06. The van der Waals surface area contributed by atoms with Gasteiger partial charge in [-0.05, 0) is 49.4 Å². The van der Waals surface area contributed by atoms with Gasteiger partial charge in [-0.1, -0.05) is 18.0 Å². The molecule has 1 N–H and O–H groups in total. The molecule has 0 spiro atoms. The molecule has 0 radical (unpaired) electrons. The van der Waals surface area contributed by atoms with Gasteiger partial charge in [0.15, 0.2) is 0 Å². The number of hydrogen-bond acceptors (Lipinski definition) is 4. The van der Waals surface area contributed by atoms with E-state index in [-0.39, 0.29) is 5.82 Å². The maximum Gasteiger partial charge on any atom is 0.133 e. The maximum absolute atomic E-state index is 13.1. The van der Waals surface area contributed by atoms with Crippen LogP contribution < -0.4 is 9.62 Å². The van der Waals surface area contributed by atoms with Crippen LogP contribution in [0.1, 0.15) is 18.4 Å². The third-order valence-corrected chi connectivity index (χ3v) is 4.34. The third kappa shape index (κ3) is 3.42. The molecule has 1 aromatic carbocycles. The number of anilines is 1. The highest BCUT2D eigenvalue weighted by atomic mass is 32.2. The van der Waals surface area contributed by atoms with Crippen molar-refractivity contribution in [2.45, 2.75) is 19.4 Å². The average molecular weight is 317 g/mol. The van der Waals surface area contributed by atoms with Crippen LogP contribution in [0.3, 0.4) is 0 Å². The van der Waals surface area contributed by atoms with Gasteiger partial charge in [-0.15, -0.1) is 0 Å². The molecule has 5 heteroatoms. The second-order valence-corrected chi connectivity index (χ2v) is 6.10. The Morgan fingerprint density at radius 3 is 2.55 bits per heavy atom. The summed E-state index contributed by atoms with van der Waals surface area (Å²) in [5.74, 6) is 0.838. The number of hydrogen-bond donors (Lipinski definition) is 1. The molecule has 2 aromatic rings. The molecule has 0 unspecified atom stereocenters. The lowest BCUT2D eigenvalue weighted by Crippen LogP contribution is -2.22. The van der Waals surface area contributed by atoms with E-state index in [4.69, 9.17) is 4.98 Å². The molecule has 1 aliphatic rings. The number of rotatable bonds is 5. The Labute approximate surface area is 135 Å². The van der Waals surface area contributed by atoms with Gasteiger partial charge in [0.05, 0.1) is 5.69 Å². The van der Waals surface area contributed by atoms with E-state index in [2.05, 4.69) is 15.7 Å².